The topological polar surface area (TPSA) is 47.6 Å². The van der Waals surface area contributed by atoms with E-state index in [1.165, 1.54) is 7.11 Å². The van der Waals surface area contributed by atoms with Crippen molar-refractivity contribution >= 4 is 5.97 Å². The van der Waals surface area contributed by atoms with Crippen LogP contribution in [0.4, 0.5) is 0 Å². The summed E-state index contributed by atoms with van der Waals surface area (Å²) in [7, 11) is 3.02. The maximum absolute atomic E-state index is 11.4. The third-order valence-corrected chi connectivity index (χ3v) is 3.26. The zero-order chi connectivity index (χ0) is 15.1. The van der Waals surface area contributed by atoms with Crippen LogP contribution in [0, 0.1) is 0 Å². The predicted molar refractivity (Wildman–Crippen MR) is 81.3 cm³/mol. The molecule has 0 bridgehead atoms. The highest BCUT2D eigenvalue weighted by Gasteiger charge is 2.15. The van der Waals surface area contributed by atoms with Gasteiger partial charge in [0.1, 0.15) is 5.75 Å². The Morgan fingerprint density at radius 1 is 1.00 bits per heavy atom. The average Bonchev–Trinajstić information content (AvgIpc) is 2.56. The molecule has 2 aromatic rings. The van der Waals surface area contributed by atoms with Crippen LogP contribution in [-0.4, -0.2) is 26.7 Å². The van der Waals surface area contributed by atoms with Gasteiger partial charge in [0.25, 0.3) is 0 Å². The molecule has 0 spiro atoms. The molecule has 0 aromatic heterocycles. The standard InChI is InChI=1S/C17H19NO3/c1-20-15-10-8-14(9-11-15)17(18-12-16(19)21-2)13-6-4-3-5-7-13/h3-11,17-18H,12H2,1-2H3. The van der Waals surface area contributed by atoms with E-state index in [1.807, 2.05) is 54.6 Å². The minimum atomic E-state index is -0.288. The third-order valence-electron chi connectivity index (χ3n) is 3.26. The van der Waals surface area contributed by atoms with E-state index >= 15 is 0 Å². The maximum Gasteiger partial charge on any atom is 0.319 e. The van der Waals surface area contributed by atoms with Crippen LogP contribution < -0.4 is 10.1 Å². The van der Waals surface area contributed by atoms with Crippen LogP contribution in [0.2, 0.25) is 0 Å². The first-order chi connectivity index (χ1) is 10.2. The zero-order valence-electron chi connectivity index (χ0n) is 12.2. The lowest BCUT2D eigenvalue weighted by atomic mass is 9.98. The van der Waals surface area contributed by atoms with Crippen molar-refractivity contribution in [1.29, 1.82) is 0 Å². The van der Waals surface area contributed by atoms with Crippen molar-refractivity contribution in [3.8, 4) is 5.75 Å². The monoisotopic (exact) mass is 285 g/mol. The van der Waals surface area contributed by atoms with Gasteiger partial charge in [-0.1, -0.05) is 42.5 Å². The summed E-state index contributed by atoms with van der Waals surface area (Å²) < 4.78 is 9.86. The molecule has 110 valence electrons. The fraction of sp³-hybridized carbons (Fsp3) is 0.235. The fourth-order valence-electron chi connectivity index (χ4n) is 2.13. The molecule has 0 aliphatic carbocycles. The molecule has 4 nitrogen and oxygen atoms in total. The van der Waals surface area contributed by atoms with Gasteiger partial charge in [0.05, 0.1) is 26.8 Å². The molecule has 2 aromatic carbocycles. The predicted octanol–water partition coefficient (Wildman–Crippen LogP) is 2.55. The van der Waals surface area contributed by atoms with Crippen molar-refractivity contribution in [2.75, 3.05) is 20.8 Å². The summed E-state index contributed by atoms with van der Waals surface area (Å²) in [6, 6.07) is 17.7. The van der Waals surface area contributed by atoms with E-state index in [9.17, 15) is 4.79 Å². The van der Waals surface area contributed by atoms with E-state index in [0.29, 0.717) is 0 Å². The third kappa shape index (κ3) is 4.07. The molecule has 4 heteroatoms. The Balaban J connectivity index is 2.24. The van der Waals surface area contributed by atoms with Crippen molar-refractivity contribution in [3.63, 3.8) is 0 Å². The van der Waals surface area contributed by atoms with Crippen LogP contribution in [-0.2, 0) is 9.53 Å². The first-order valence-corrected chi connectivity index (χ1v) is 6.73. The Hall–Kier alpha value is -2.33. The van der Waals surface area contributed by atoms with Crippen LogP contribution >= 0.6 is 0 Å². The van der Waals surface area contributed by atoms with Gasteiger partial charge in [-0.2, -0.15) is 0 Å². The number of hydrogen-bond donors (Lipinski definition) is 1. The molecule has 0 heterocycles. The molecule has 0 radical (unpaired) electrons. The number of methoxy groups -OCH3 is 2. The van der Waals surface area contributed by atoms with E-state index in [-0.39, 0.29) is 18.6 Å². The number of carbonyl (C=O) groups is 1. The Bertz CT molecular complexity index is 566. The lowest BCUT2D eigenvalue weighted by molar-refractivity contribution is -0.139. The number of ether oxygens (including phenoxy) is 2. The number of hydrogen-bond acceptors (Lipinski definition) is 4. The van der Waals surface area contributed by atoms with E-state index < -0.39 is 0 Å². The van der Waals surface area contributed by atoms with Gasteiger partial charge in [-0.15, -0.1) is 0 Å². The summed E-state index contributed by atoms with van der Waals surface area (Å²) >= 11 is 0. The number of carbonyl (C=O) groups excluding carboxylic acids is 1. The van der Waals surface area contributed by atoms with Gasteiger partial charge in [0, 0.05) is 0 Å². The largest absolute Gasteiger partial charge is 0.497 e. The SMILES string of the molecule is COC(=O)CNC(c1ccccc1)c1ccc(OC)cc1. The second-order valence-corrected chi connectivity index (χ2v) is 4.57. The highest BCUT2D eigenvalue weighted by Crippen LogP contribution is 2.23. The quantitative estimate of drug-likeness (QED) is 0.829. The van der Waals surface area contributed by atoms with Crippen LogP contribution in [0.1, 0.15) is 17.2 Å². The van der Waals surface area contributed by atoms with Gasteiger partial charge in [-0.05, 0) is 23.3 Å². The summed E-state index contributed by atoms with van der Waals surface area (Å²) in [6.45, 7) is 0.155. The zero-order valence-corrected chi connectivity index (χ0v) is 12.2. The smallest absolute Gasteiger partial charge is 0.319 e. The molecule has 0 aliphatic rings. The average molecular weight is 285 g/mol. The van der Waals surface area contributed by atoms with Crippen molar-refractivity contribution < 1.29 is 14.3 Å². The summed E-state index contributed by atoms with van der Waals surface area (Å²) in [6.07, 6.45) is 0. The second kappa shape index (κ2) is 7.45. The summed E-state index contributed by atoms with van der Waals surface area (Å²) in [4.78, 5) is 11.4. The molecule has 1 unspecified atom stereocenters. The second-order valence-electron chi connectivity index (χ2n) is 4.57. The molecule has 21 heavy (non-hydrogen) atoms. The van der Waals surface area contributed by atoms with Gasteiger partial charge in [-0.25, -0.2) is 0 Å². The number of rotatable bonds is 6. The summed E-state index contributed by atoms with van der Waals surface area (Å²) in [5, 5.41) is 3.23. The van der Waals surface area contributed by atoms with Crippen LogP contribution in [0.15, 0.2) is 54.6 Å². The Labute approximate surface area is 124 Å². The molecule has 1 N–H and O–H groups in total. The van der Waals surface area contributed by atoms with Crippen molar-refractivity contribution in [1.82, 2.24) is 5.32 Å². The number of benzene rings is 2. The Kier molecular flexibility index (Phi) is 5.35. The molecule has 2 rings (SSSR count). The van der Waals surface area contributed by atoms with Gasteiger partial charge in [0.15, 0.2) is 0 Å². The van der Waals surface area contributed by atoms with E-state index in [4.69, 9.17) is 4.74 Å². The molecule has 0 amide bonds. The van der Waals surface area contributed by atoms with Crippen LogP contribution in [0.5, 0.6) is 5.75 Å². The normalized spacial score (nSPS) is 11.7. The number of esters is 1. The summed E-state index contributed by atoms with van der Waals surface area (Å²) in [5.41, 5.74) is 2.15. The maximum atomic E-state index is 11.4. The Morgan fingerprint density at radius 3 is 2.19 bits per heavy atom. The molecule has 1 atom stereocenters. The fourth-order valence-corrected chi connectivity index (χ4v) is 2.13. The highest BCUT2D eigenvalue weighted by molar-refractivity contribution is 5.71. The van der Waals surface area contributed by atoms with Gasteiger partial charge in [0.2, 0.25) is 0 Å². The minimum absolute atomic E-state index is 0.0730. The van der Waals surface area contributed by atoms with E-state index in [2.05, 4.69) is 10.1 Å². The first-order valence-electron chi connectivity index (χ1n) is 6.73. The highest BCUT2D eigenvalue weighted by atomic mass is 16.5. The first kappa shape index (κ1) is 15.1. The molecule has 0 aliphatic heterocycles. The molecular weight excluding hydrogens is 266 g/mol. The van der Waals surface area contributed by atoms with Crippen molar-refractivity contribution in [2.24, 2.45) is 0 Å². The van der Waals surface area contributed by atoms with E-state index in [0.717, 1.165) is 16.9 Å². The Morgan fingerprint density at radius 2 is 1.62 bits per heavy atom. The minimum Gasteiger partial charge on any atom is -0.497 e. The van der Waals surface area contributed by atoms with Gasteiger partial charge < -0.3 is 9.47 Å². The lowest BCUT2D eigenvalue weighted by Crippen LogP contribution is -2.29. The molecular formula is C17H19NO3. The van der Waals surface area contributed by atoms with Crippen LogP contribution in [0.3, 0.4) is 0 Å². The molecule has 0 saturated heterocycles. The van der Waals surface area contributed by atoms with Crippen molar-refractivity contribution in [2.45, 2.75) is 6.04 Å². The summed E-state index contributed by atoms with van der Waals surface area (Å²) in [5.74, 6) is 0.517. The molecule has 0 fully saturated rings. The lowest BCUT2D eigenvalue weighted by Gasteiger charge is -2.19. The van der Waals surface area contributed by atoms with Crippen molar-refractivity contribution in [3.05, 3.63) is 65.7 Å². The van der Waals surface area contributed by atoms with E-state index in [1.54, 1.807) is 7.11 Å². The molecule has 0 saturated carbocycles. The van der Waals surface area contributed by atoms with Crippen LogP contribution in [0.25, 0.3) is 0 Å². The van der Waals surface area contributed by atoms with Gasteiger partial charge in [-0.3, -0.25) is 10.1 Å². The van der Waals surface area contributed by atoms with Gasteiger partial charge >= 0.3 is 5.97 Å². The number of nitrogens with one attached hydrogen (secondary N) is 1.